The van der Waals surface area contributed by atoms with Crippen LogP contribution in [0.4, 0.5) is 0 Å². The minimum Gasteiger partial charge on any atom is -0.394 e. The molecule has 2 saturated heterocycles. The normalized spacial score (nSPS) is 47.4. The summed E-state index contributed by atoms with van der Waals surface area (Å²) in [7, 11) is 1.42. The summed E-state index contributed by atoms with van der Waals surface area (Å²) in [5.41, 5.74) is 19.4. The minimum atomic E-state index is -2.38. The number of hydrogen-bond donors (Lipinski definition) is 12. The van der Waals surface area contributed by atoms with Crippen molar-refractivity contribution in [3.05, 3.63) is 0 Å². The van der Waals surface area contributed by atoms with E-state index >= 15 is 0 Å². The summed E-state index contributed by atoms with van der Waals surface area (Å²) in [6.45, 7) is 0.620. The molecule has 0 aromatic carbocycles. The van der Waals surface area contributed by atoms with Gasteiger partial charge in [-0.15, -0.1) is 0 Å². The Morgan fingerprint density at radius 1 is 0.900 bits per heavy atom. The second kappa shape index (κ2) is 12.7. The lowest BCUT2D eigenvalue weighted by atomic mass is 9.81. The topological polar surface area (TPSA) is 336 Å². The van der Waals surface area contributed by atoms with Gasteiger partial charge in [-0.25, -0.2) is 9.98 Å². The molecule has 0 radical (unpaired) electrons. The SMILES string of the molecule is CN[C@H]1[C@@H](O[C@@H]2[C@H](O[C@H]3[C@@H](O)[C@@H](O)[C@@H](N=C(N)N)[C@@H](O)[C@H]3N=C(N)N)O[C@@H](C)[C@]2(O)C=O)O[C@@H](CO)[C@@H](O)[C@H]1O. The predicted molar refractivity (Wildman–Crippen MR) is 133 cm³/mol. The van der Waals surface area contributed by atoms with Gasteiger partial charge in [0.05, 0.1) is 18.8 Å². The van der Waals surface area contributed by atoms with E-state index in [0.29, 0.717) is 0 Å². The standard InChI is InChI=1S/C21H39N7O12/c1-5-21(36,4-30)16(40-17-9(26-2)13(34)10(31)6(3-29)38-17)18(37-5)39-15-8(28-20(24)25)11(32)7(27-19(22)23)12(33)14(15)35/h4-18,26,29,31-36H,3H2,1-2H3,(H4,22,23,27)(H4,24,25,28)/t5-,6-,7-,8+,9+,10+,11+,12-,13-,14-,15+,16+,17+,18-,21+/m0/s1. The lowest BCUT2D eigenvalue weighted by molar-refractivity contribution is -0.314. The van der Waals surface area contributed by atoms with E-state index in [1.54, 1.807) is 0 Å². The van der Waals surface area contributed by atoms with Crippen molar-refractivity contribution in [2.75, 3.05) is 13.7 Å². The zero-order valence-corrected chi connectivity index (χ0v) is 21.7. The van der Waals surface area contributed by atoms with Gasteiger partial charge in [0.2, 0.25) is 0 Å². The molecule has 40 heavy (non-hydrogen) atoms. The van der Waals surface area contributed by atoms with Gasteiger partial charge in [0.25, 0.3) is 0 Å². The third-order valence-corrected chi connectivity index (χ3v) is 7.34. The molecule has 19 nitrogen and oxygen atoms in total. The summed E-state index contributed by atoms with van der Waals surface area (Å²) < 4.78 is 22.9. The maximum atomic E-state index is 12.1. The Labute approximate surface area is 228 Å². The van der Waals surface area contributed by atoms with E-state index in [1.165, 1.54) is 14.0 Å². The van der Waals surface area contributed by atoms with Crippen LogP contribution in [0.5, 0.6) is 0 Å². The number of ether oxygens (including phenoxy) is 4. The summed E-state index contributed by atoms with van der Waals surface area (Å²) >= 11 is 0. The number of carbonyl (C=O) groups is 1. The van der Waals surface area contributed by atoms with E-state index in [2.05, 4.69) is 15.3 Å². The maximum absolute atomic E-state index is 12.1. The predicted octanol–water partition coefficient (Wildman–Crippen LogP) is -8.16. The summed E-state index contributed by atoms with van der Waals surface area (Å²) in [4.78, 5) is 19.7. The van der Waals surface area contributed by atoms with Crippen molar-refractivity contribution in [1.29, 1.82) is 0 Å². The van der Waals surface area contributed by atoms with Gasteiger partial charge in [-0.1, -0.05) is 0 Å². The molecule has 3 fully saturated rings. The van der Waals surface area contributed by atoms with Crippen LogP contribution in [0.1, 0.15) is 6.92 Å². The molecule has 3 aliphatic rings. The highest BCUT2D eigenvalue weighted by molar-refractivity contribution is 5.76. The third-order valence-electron chi connectivity index (χ3n) is 7.34. The lowest BCUT2D eigenvalue weighted by Crippen LogP contribution is -2.66. The van der Waals surface area contributed by atoms with E-state index in [0.717, 1.165) is 0 Å². The zero-order chi connectivity index (χ0) is 30.1. The minimum absolute atomic E-state index is 0.140. The van der Waals surface area contributed by atoms with Crippen molar-refractivity contribution in [3.8, 4) is 0 Å². The van der Waals surface area contributed by atoms with Crippen LogP contribution in [-0.4, -0.2) is 159 Å². The van der Waals surface area contributed by atoms with Crippen molar-refractivity contribution < 1.29 is 59.5 Å². The lowest BCUT2D eigenvalue weighted by Gasteiger charge is -2.45. The van der Waals surface area contributed by atoms with Gasteiger partial charge in [0, 0.05) is 0 Å². The average Bonchev–Trinajstić information content (AvgIpc) is 3.13. The Bertz CT molecular complexity index is 940. The van der Waals surface area contributed by atoms with Crippen LogP contribution in [0, 0.1) is 0 Å². The first-order valence-corrected chi connectivity index (χ1v) is 12.4. The number of aldehydes is 1. The largest absolute Gasteiger partial charge is 0.394 e. The number of rotatable bonds is 9. The van der Waals surface area contributed by atoms with Gasteiger partial charge >= 0.3 is 0 Å². The highest BCUT2D eigenvalue weighted by Crippen LogP contribution is 2.38. The number of aliphatic hydroxyl groups is 7. The molecule has 0 spiro atoms. The Balaban J connectivity index is 1.96. The highest BCUT2D eigenvalue weighted by Gasteiger charge is 2.60. The second-order valence-electron chi connectivity index (χ2n) is 9.89. The van der Waals surface area contributed by atoms with E-state index in [9.17, 15) is 40.5 Å². The Kier molecular flexibility index (Phi) is 10.2. The fourth-order valence-electron chi connectivity index (χ4n) is 5.08. The number of aliphatic imine (C=N–C) groups is 2. The first-order valence-electron chi connectivity index (χ1n) is 12.4. The molecule has 0 amide bonds. The second-order valence-corrected chi connectivity index (χ2v) is 9.89. The summed E-state index contributed by atoms with van der Waals surface area (Å²) in [5.74, 6) is -1.03. The van der Waals surface area contributed by atoms with E-state index in [4.69, 9.17) is 41.9 Å². The molecule has 2 aliphatic heterocycles. The number of guanidine groups is 2. The Hall–Kier alpha value is -2.27. The smallest absolute Gasteiger partial charge is 0.188 e. The van der Waals surface area contributed by atoms with Crippen molar-refractivity contribution in [3.63, 3.8) is 0 Å². The molecule has 0 unspecified atom stereocenters. The van der Waals surface area contributed by atoms with E-state index in [-0.39, 0.29) is 6.29 Å². The number of carbonyl (C=O) groups excluding carboxylic acids is 1. The molecule has 1 aliphatic carbocycles. The van der Waals surface area contributed by atoms with E-state index in [1.807, 2.05) is 0 Å². The quantitative estimate of drug-likeness (QED) is 0.0682. The third kappa shape index (κ3) is 6.00. The van der Waals surface area contributed by atoms with Gasteiger partial charge in [0.15, 0.2) is 36.4 Å². The molecule has 15 atom stereocenters. The highest BCUT2D eigenvalue weighted by atomic mass is 16.8. The Morgan fingerprint density at radius 2 is 1.50 bits per heavy atom. The fourth-order valence-corrected chi connectivity index (χ4v) is 5.08. The van der Waals surface area contributed by atoms with Gasteiger partial charge in [-0.2, -0.15) is 0 Å². The molecule has 2 heterocycles. The van der Waals surface area contributed by atoms with Crippen LogP contribution in [-0.2, 0) is 23.7 Å². The van der Waals surface area contributed by atoms with Crippen LogP contribution in [0.25, 0.3) is 0 Å². The zero-order valence-electron chi connectivity index (χ0n) is 21.7. The summed E-state index contributed by atoms with van der Waals surface area (Å²) in [6.07, 6.45) is -17.3. The Morgan fingerprint density at radius 3 is 2.02 bits per heavy atom. The number of likely N-dealkylation sites (N-methyl/N-ethyl adjacent to an activating group) is 1. The molecule has 0 aromatic heterocycles. The van der Waals surface area contributed by atoms with Crippen LogP contribution < -0.4 is 28.3 Å². The monoisotopic (exact) mass is 581 g/mol. The number of nitrogens with one attached hydrogen (secondary N) is 1. The maximum Gasteiger partial charge on any atom is 0.188 e. The molecular formula is C21H39N7O12. The molecule has 230 valence electrons. The van der Waals surface area contributed by atoms with Gasteiger partial charge in [-0.3, -0.25) is 4.79 Å². The molecule has 16 N–H and O–H groups in total. The first-order chi connectivity index (χ1) is 18.7. The van der Waals surface area contributed by atoms with Crippen molar-refractivity contribution in [2.45, 2.75) is 98.2 Å². The van der Waals surface area contributed by atoms with E-state index < -0.39 is 110 Å². The number of hydrogen-bond acceptors (Lipinski definition) is 15. The van der Waals surface area contributed by atoms with Gasteiger partial charge in [-0.05, 0) is 14.0 Å². The summed E-state index contributed by atoms with van der Waals surface area (Å²) in [6, 6.07) is -4.08. The van der Waals surface area contributed by atoms with Gasteiger partial charge < -0.3 is 82.9 Å². The summed E-state index contributed by atoms with van der Waals surface area (Å²) in [5, 5.41) is 76.6. The van der Waals surface area contributed by atoms with Crippen LogP contribution >= 0.6 is 0 Å². The molecule has 19 heteroatoms. The van der Waals surface area contributed by atoms with Crippen molar-refractivity contribution in [1.82, 2.24) is 5.32 Å². The average molecular weight is 582 g/mol. The van der Waals surface area contributed by atoms with Crippen molar-refractivity contribution >= 4 is 18.2 Å². The number of nitrogens with zero attached hydrogens (tertiary/aromatic N) is 2. The molecular weight excluding hydrogens is 542 g/mol. The van der Waals surface area contributed by atoms with Gasteiger partial charge in [0.1, 0.15) is 60.9 Å². The number of nitrogens with two attached hydrogens (primary N) is 4. The first kappa shape index (κ1) is 32.2. The molecule has 1 saturated carbocycles. The van der Waals surface area contributed by atoms with Crippen LogP contribution in [0.15, 0.2) is 9.98 Å². The fraction of sp³-hybridized carbons (Fsp3) is 0.857. The van der Waals surface area contributed by atoms with Crippen molar-refractivity contribution in [2.24, 2.45) is 32.9 Å². The molecule has 3 rings (SSSR count). The van der Waals surface area contributed by atoms with Crippen LogP contribution in [0.2, 0.25) is 0 Å². The van der Waals surface area contributed by atoms with Crippen LogP contribution in [0.3, 0.4) is 0 Å². The molecule has 0 bridgehead atoms. The number of aliphatic hydroxyl groups excluding tert-OH is 6. The molecule has 0 aromatic rings.